The second kappa shape index (κ2) is 12.4. The van der Waals surface area contributed by atoms with E-state index < -0.39 is 30.4 Å². The third kappa shape index (κ3) is 6.58. The van der Waals surface area contributed by atoms with Gasteiger partial charge in [0.25, 0.3) is 0 Å². The van der Waals surface area contributed by atoms with Gasteiger partial charge in [-0.15, -0.1) is 0 Å². The van der Waals surface area contributed by atoms with Crippen molar-refractivity contribution in [1.82, 2.24) is 15.5 Å². The molecule has 0 fully saturated rings. The van der Waals surface area contributed by atoms with Crippen molar-refractivity contribution in [3.8, 4) is 11.1 Å². The number of ether oxygens (including phenoxy) is 1. The number of fused-ring (bicyclic) bond motifs is 3. The summed E-state index contributed by atoms with van der Waals surface area (Å²) in [6, 6.07) is 24.6. The Labute approximate surface area is 222 Å². The first-order chi connectivity index (χ1) is 18.3. The molecule has 198 valence electrons. The van der Waals surface area contributed by atoms with E-state index in [1.54, 1.807) is 0 Å². The molecule has 0 heterocycles. The summed E-state index contributed by atoms with van der Waals surface area (Å²) < 4.78 is 5.50. The number of aliphatic carboxylic acids is 1. The second-order valence-corrected chi connectivity index (χ2v) is 9.62. The fourth-order valence-electron chi connectivity index (χ4n) is 4.72. The van der Waals surface area contributed by atoms with E-state index in [1.807, 2.05) is 92.8 Å². The van der Waals surface area contributed by atoms with Crippen molar-refractivity contribution in [3.63, 3.8) is 0 Å². The highest BCUT2D eigenvalue weighted by Gasteiger charge is 2.30. The lowest BCUT2D eigenvalue weighted by Crippen LogP contribution is -2.50. The monoisotopic (exact) mass is 515 g/mol. The fraction of sp³-hybridized carbons (Fsp3) is 0.300. The predicted octanol–water partition coefficient (Wildman–Crippen LogP) is 4.01. The Balaban J connectivity index is 1.32. The van der Waals surface area contributed by atoms with Crippen molar-refractivity contribution >= 4 is 18.0 Å². The molecule has 8 nitrogen and oxygen atoms in total. The topological polar surface area (TPSA) is 108 Å². The zero-order valence-corrected chi connectivity index (χ0v) is 21.6. The Hall–Kier alpha value is -4.17. The smallest absolute Gasteiger partial charge is 0.407 e. The summed E-state index contributed by atoms with van der Waals surface area (Å²) in [5, 5.41) is 14.5. The lowest BCUT2D eigenvalue weighted by atomic mass is 9.98. The minimum atomic E-state index is -1.25. The van der Waals surface area contributed by atoms with Crippen LogP contribution >= 0.6 is 0 Å². The average Bonchev–Trinajstić information content (AvgIpc) is 3.24. The number of amides is 2. The third-order valence-electron chi connectivity index (χ3n) is 6.93. The summed E-state index contributed by atoms with van der Waals surface area (Å²) in [6.07, 6.45) is -1.38. The van der Waals surface area contributed by atoms with Gasteiger partial charge in [0.1, 0.15) is 12.6 Å². The maximum Gasteiger partial charge on any atom is 0.407 e. The maximum atomic E-state index is 12.8. The Morgan fingerprint density at radius 3 is 2.11 bits per heavy atom. The quantitative estimate of drug-likeness (QED) is 0.356. The van der Waals surface area contributed by atoms with E-state index >= 15 is 0 Å². The van der Waals surface area contributed by atoms with Gasteiger partial charge in [-0.2, -0.15) is 0 Å². The van der Waals surface area contributed by atoms with E-state index in [-0.39, 0.29) is 18.6 Å². The fourth-order valence-corrected chi connectivity index (χ4v) is 4.72. The number of benzene rings is 3. The number of carbonyl (C=O) groups is 3. The Kier molecular flexibility index (Phi) is 8.76. The number of nitrogens with one attached hydrogen (secondary N) is 2. The number of hydrogen-bond acceptors (Lipinski definition) is 5. The van der Waals surface area contributed by atoms with Crippen molar-refractivity contribution in [2.45, 2.75) is 37.9 Å². The first kappa shape index (κ1) is 26.9. The van der Waals surface area contributed by atoms with Crippen LogP contribution in [0.3, 0.4) is 0 Å². The largest absolute Gasteiger partial charge is 0.481 e. The summed E-state index contributed by atoms with van der Waals surface area (Å²) in [7, 11) is 1.95. The Morgan fingerprint density at radius 2 is 1.50 bits per heavy atom. The van der Waals surface area contributed by atoms with Crippen molar-refractivity contribution in [2.24, 2.45) is 0 Å². The minimum absolute atomic E-state index is 0.0147. The first-order valence-electron chi connectivity index (χ1n) is 12.7. The third-order valence-corrected chi connectivity index (χ3v) is 6.93. The van der Waals surface area contributed by atoms with Gasteiger partial charge < -0.3 is 20.5 Å². The van der Waals surface area contributed by atoms with Crippen molar-refractivity contribution < 1.29 is 24.2 Å². The summed E-state index contributed by atoms with van der Waals surface area (Å²) >= 11 is 0. The predicted molar refractivity (Wildman–Crippen MR) is 145 cm³/mol. The molecule has 0 aliphatic heterocycles. The average molecular weight is 516 g/mol. The van der Waals surface area contributed by atoms with Crippen LogP contribution < -0.4 is 10.6 Å². The normalized spacial score (nSPS) is 13.8. The van der Waals surface area contributed by atoms with E-state index in [1.165, 1.54) is 0 Å². The van der Waals surface area contributed by atoms with E-state index in [9.17, 15) is 19.5 Å². The van der Waals surface area contributed by atoms with Crippen LogP contribution in [-0.4, -0.2) is 60.3 Å². The van der Waals surface area contributed by atoms with E-state index in [2.05, 4.69) is 15.5 Å². The zero-order chi connectivity index (χ0) is 27.1. The van der Waals surface area contributed by atoms with Crippen LogP contribution in [0.5, 0.6) is 0 Å². The molecule has 1 aliphatic carbocycles. The number of carboxylic acids is 1. The Morgan fingerprint density at radius 1 is 0.921 bits per heavy atom. The molecule has 2 atom stereocenters. The maximum absolute atomic E-state index is 12.8. The molecule has 0 radical (unpaired) electrons. The van der Waals surface area contributed by atoms with Gasteiger partial charge >= 0.3 is 12.1 Å². The van der Waals surface area contributed by atoms with Gasteiger partial charge in [-0.3, -0.25) is 14.5 Å². The highest BCUT2D eigenvalue weighted by atomic mass is 16.5. The van der Waals surface area contributed by atoms with Crippen LogP contribution in [0.4, 0.5) is 4.79 Å². The highest BCUT2D eigenvalue weighted by molar-refractivity contribution is 5.89. The lowest BCUT2D eigenvalue weighted by molar-refractivity contribution is -0.139. The van der Waals surface area contributed by atoms with E-state index in [0.717, 1.165) is 27.8 Å². The molecule has 3 aromatic carbocycles. The molecule has 8 heteroatoms. The van der Waals surface area contributed by atoms with E-state index in [0.29, 0.717) is 13.1 Å². The van der Waals surface area contributed by atoms with Gasteiger partial charge in [-0.25, -0.2) is 4.79 Å². The second-order valence-electron chi connectivity index (χ2n) is 9.62. The van der Waals surface area contributed by atoms with E-state index in [4.69, 9.17) is 4.74 Å². The number of nitrogens with zero attached hydrogens (tertiary/aromatic N) is 1. The number of carbonyl (C=O) groups excluding carboxylic acids is 2. The van der Waals surface area contributed by atoms with Gasteiger partial charge in [0, 0.05) is 25.0 Å². The van der Waals surface area contributed by atoms with Crippen LogP contribution in [-0.2, 0) is 20.9 Å². The van der Waals surface area contributed by atoms with Crippen LogP contribution in [0.2, 0.25) is 0 Å². The number of hydrogen-bond donors (Lipinski definition) is 3. The zero-order valence-electron chi connectivity index (χ0n) is 21.6. The Bertz CT molecular complexity index is 1230. The van der Waals surface area contributed by atoms with Gasteiger partial charge in [0.05, 0.1) is 6.42 Å². The summed E-state index contributed by atoms with van der Waals surface area (Å²) in [5.74, 6) is -1.90. The van der Waals surface area contributed by atoms with Crippen LogP contribution in [0.1, 0.15) is 36.0 Å². The summed E-state index contributed by atoms with van der Waals surface area (Å²) in [4.78, 5) is 39.0. The molecule has 3 aromatic rings. The molecule has 1 aliphatic rings. The molecule has 0 saturated heterocycles. The van der Waals surface area contributed by atoms with Crippen molar-refractivity contribution in [2.75, 3.05) is 20.2 Å². The number of alkyl carbamates (subject to hydrolysis) is 1. The number of rotatable bonds is 11. The lowest BCUT2D eigenvalue weighted by Gasteiger charge is -2.26. The van der Waals surface area contributed by atoms with Crippen LogP contribution in [0.25, 0.3) is 11.1 Å². The number of likely N-dealkylation sites (N-methyl/N-ethyl adjacent to an activating group) is 1. The van der Waals surface area contributed by atoms with Gasteiger partial charge in [0.2, 0.25) is 5.91 Å². The molecule has 0 bridgehead atoms. The molecule has 0 spiro atoms. The molecule has 0 aromatic heterocycles. The van der Waals surface area contributed by atoms with Crippen LogP contribution in [0.15, 0.2) is 78.9 Å². The molecule has 3 N–H and O–H groups in total. The molecule has 2 unspecified atom stereocenters. The first-order valence-corrected chi connectivity index (χ1v) is 12.7. The number of carboxylic acid groups (broad SMARTS) is 1. The molecular formula is C30H33N3O5. The molecule has 38 heavy (non-hydrogen) atoms. The van der Waals surface area contributed by atoms with Gasteiger partial charge in [0.15, 0.2) is 0 Å². The minimum Gasteiger partial charge on any atom is -0.481 e. The standard InChI is InChI=1S/C30H33N3O5/c1-20(33(2)18-21-10-4-3-5-11-21)17-31-29(36)27(16-28(34)35)32-30(37)38-19-26-24-14-8-6-12-22(24)23-13-7-9-15-25(23)26/h3-15,20,26-27H,16-19H2,1-2H3,(H,31,36)(H,32,37)(H,34,35). The molecular weight excluding hydrogens is 482 g/mol. The van der Waals surface area contributed by atoms with Gasteiger partial charge in [-0.05, 0) is 41.8 Å². The summed E-state index contributed by atoms with van der Waals surface area (Å²) in [6.45, 7) is 3.04. The van der Waals surface area contributed by atoms with Crippen molar-refractivity contribution in [1.29, 1.82) is 0 Å². The molecule has 2 amide bonds. The highest BCUT2D eigenvalue weighted by Crippen LogP contribution is 2.44. The van der Waals surface area contributed by atoms with Crippen molar-refractivity contribution in [3.05, 3.63) is 95.6 Å². The van der Waals surface area contributed by atoms with Gasteiger partial charge in [-0.1, -0.05) is 78.9 Å². The van der Waals surface area contributed by atoms with Crippen LogP contribution in [0, 0.1) is 0 Å². The molecule has 4 rings (SSSR count). The SMILES string of the molecule is CC(CNC(=O)C(CC(=O)O)NC(=O)OCC1c2ccccc2-c2ccccc21)N(C)Cc1ccccc1. The summed E-state index contributed by atoms with van der Waals surface area (Å²) in [5.41, 5.74) is 5.48. The molecule has 0 saturated carbocycles.